The van der Waals surface area contributed by atoms with Crippen molar-refractivity contribution in [2.75, 3.05) is 0 Å². The monoisotopic (exact) mass is 235 g/mol. The van der Waals surface area contributed by atoms with Crippen molar-refractivity contribution in [2.45, 2.75) is 0 Å². The average Bonchev–Trinajstić information content (AvgIpc) is 3.23. The molecule has 0 amide bonds. The van der Waals surface area contributed by atoms with E-state index >= 15 is 0 Å². The molecule has 85 valence electrons. The van der Waals surface area contributed by atoms with E-state index in [0.29, 0.717) is 22.3 Å². The minimum absolute atomic E-state index is 0.270. The molecule has 2 nitrogen and oxygen atoms in total. The van der Waals surface area contributed by atoms with Crippen molar-refractivity contribution in [1.82, 2.24) is 4.98 Å². The molecule has 3 heteroatoms. The standard InChI is InChI=1S/C15H8FN2/c16-15-7-11(3-4-14(15)10-1-2-10)13-5-6-18-9-12(13)8-17/h1-7,9H. The van der Waals surface area contributed by atoms with Crippen molar-refractivity contribution in [3.8, 4) is 17.2 Å². The van der Waals surface area contributed by atoms with Crippen molar-refractivity contribution < 1.29 is 4.39 Å². The maximum absolute atomic E-state index is 13.9. The lowest BCUT2D eigenvalue weighted by atomic mass is 10.00. The van der Waals surface area contributed by atoms with Crippen LogP contribution in [0, 0.1) is 23.6 Å². The second-order valence-electron chi connectivity index (χ2n) is 4.02. The molecule has 0 unspecified atom stereocenters. The molecule has 1 aliphatic carbocycles. The Hall–Kier alpha value is -2.47. The van der Waals surface area contributed by atoms with Crippen LogP contribution in [-0.4, -0.2) is 4.98 Å². The summed E-state index contributed by atoms with van der Waals surface area (Å²) >= 11 is 0. The highest BCUT2D eigenvalue weighted by atomic mass is 19.1. The lowest BCUT2D eigenvalue weighted by Gasteiger charge is -2.05. The molecule has 3 rings (SSSR count). The highest BCUT2D eigenvalue weighted by Crippen LogP contribution is 2.33. The van der Waals surface area contributed by atoms with Crippen molar-refractivity contribution >= 4 is 5.57 Å². The number of rotatable bonds is 2. The first kappa shape index (κ1) is 10.7. The SMILES string of the molecule is N#Cc1cnccc1-c1ccc(C2=C[CH]2)c(F)c1. The molecule has 0 atom stereocenters. The molecule has 0 aliphatic heterocycles. The van der Waals surface area contributed by atoms with Crippen LogP contribution in [0.15, 0.2) is 42.7 Å². The number of nitriles is 1. The van der Waals surface area contributed by atoms with E-state index in [-0.39, 0.29) is 5.82 Å². The average molecular weight is 235 g/mol. The molecule has 18 heavy (non-hydrogen) atoms. The first-order chi connectivity index (χ1) is 8.79. The van der Waals surface area contributed by atoms with Crippen LogP contribution >= 0.6 is 0 Å². The number of benzene rings is 1. The molecular weight excluding hydrogens is 227 g/mol. The van der Waals surface area contributed by atoms with Gasteiger partial charge < -0.3 is 0 Å². The first-order valence-corrected chi connectivity index (χ1v) is 5.49. The Kier molecular flexibility index (Phi) is 2.42. The fourth-order valence-corrected chi connectivity index (χ4v) is 1.87. The largest absolute Gasteiger partial charge is 0.263 e. The third-order valence-corrected chi connectivity index (χ3v) is 2.87. The van der Waals surface area contributed by atoms with Crippen LogP contribution in [-0.2, 0) is 0 Å². The summed E-state index contributed by atoms with van der Waals surface area (Å²) in [5, 5.41) is 9.00. The van der Waals surface area contributed by atoms with E-state index in [4.69, 9.17) is 5.26 Å². The van der Waals surface area contributed by atoms with Crippen LogP contribution in [0.2, 0.25) is 0 Å². The van der Waals surface area contributed by atoms with Gasteiger partial charge in [0.2, 0.25) is 0 Å². The van der Waals surface area contributed by atoms with Crippen molar-refractivity contribution in [2.24, 2.45) is 0 Å². The Morgan fingerprint density at radius 2 is 2.00 bits per heavy atom. The number of aromatic nitrogens is 1. The smallest absolute Gasteiger partial charge is 0.131 e. The van der Waals surface area contributed by atoms with Crippen molar-refractivity contribution in [3.05, 3.63) is 66.1 Å². The Labute approximate surface area is 104 Å². The van der Waals surface area contributed by atoms with E-state index in [2.05, 4.69) is 11.1 Å². The lowest BCUT2D eigenvalue weighted by Crippen LogP contribution is -1.89. The second kappa shape index (κ2) is 4.08. The summed E-state index contributed by atoms with van der Waals surface area (Å²) in [6.45, 7) is 0. The summed E-state index contributed by atoms with van der Waals surface area (Å²) in [4.78, 5) is 3.89. The summed E-state index contributed by atoms with van der Waals surface area (Å²) in [7, 11) is 0. The van der Waals surface area contributed by atoms with E-state index in [9.17, 15) is 4.39 Å². The predicted octanol–water partition coefficient (Wildman–Crippen LogP) is 3.36. The number of halogens is 1. The molecule has 0 saturated carbocycles. The van der Waals surface area contributed by atoms with Gasteiger partial charge in [-0.1, -0.05) is 18.2 Å². The third-order valence-electron chi connectivity index (χ3n) is 2.87. The number of hydrogen-bond acceptors (Lipinski definition) is 2. The van der Waals surface area contributed by atoms with Gasteiger partial charge in [-0.2, -0.15) is 5.26 Å². The molecule has 0 spiro atoms. The summed E-state index contributed by atoms with van der Waals surface area (Å²) in [5.41, 5.74) is 3.37. The minimum Gasteiger partial charge on any atom is -0.263 e. The lowest BCUT2D eigenvalue weighted by molar-refractivity contribution is 0.625. The molecule has 1 aliphatic rings. The fraction of sp³-hybridized carbons (Fsp3) is 0. The van der Waals surface area contributed by atoms with Crippen LogP contribution in [0.5, 0.6) is 0 Å². The first-order valence-electron chi connectivity index (χ1n) is 5.49. The summed E-state index contributed by atoms with van der Waals surface area (Å²) in [6.07, 6.45) is 6.81. The summed E-state index contributed by atoms with van der Waals surface area (Å²) < 4.78 is 13.9. The fourth-order valence-electron chi connectivity index (χ4n) is 1.87. The van der Waals surface area contributed by atoms with Crippen molar-refractivity contribution in [3.63, 3.8) is 0 Å². The van der Waals surface area contributed by atoms with E-state index < -0.39 is 0 Å². The zero-order valence-electron chi connectivity index (χ0n) is 9.39. The van der Waals surface area contributed by atoms with Gasteiger partial charge in [-0.25, -0.2) is 4.39 Å². The Morgan fingerprint density at radius 3 is 2.67 bits per heavy atom. The maximum atomic E-state index is 13.9. The Bertz CT molecular complexity index is 696. The Morgan fingerprint density at radius 1 is 1.17 bits per heavy atom. The Balaban J connectivity index is 2.10. The molecule has 1 aromatic carbocycles. The van der Waals surface area contributed by atoms with Gasteiger partial charge in [0.05, 0.1) is 5.56 Å². The molecule has 0 bridgehead atoms. The number of hydrogen-bond donors (Lipinski definition) is 0. The van der Waals surface area contributed by atoms with Gasteiger partial charge in [-0.15, -0.1) is 0 Å². The summed E-state index contributed by atoms with van der Waals surface area (Å²) in [5.74, 6) is -0.270. The maximum Gasteiger partial charge on any atom is 0.131 e. The quantitative estimate of drug-likeness (QED) is 0.800. The topological polar surface area (TPSA) is 36.7 Å². The molecule has 1 heterocycles. The van der Waals surface area contributed by atoms with Gasteiger partial charge in [0.25, 0.3) is 0 Å². The van der Waals surface area contributed by atoms with Crippen LogP contribution in [0.3, 0.4) is 0 Å². The third kappa shape index (κ3) is 1.78. The molecule has 1 radical (unpaired) electrons. The van der Waals surface area contributed by atoms with Crippen molar-refractivity contribution in [1.29, 1.82) is 5.26 Å². The van der Waals surface area contributed by atoms with Crippen LogP contribution in [0.1, 0.15) is 11.1 Å². The van der Waals surface area contributed by atoms with Crippen LogP contribution in [0.4, 0.5) is 4.39 Å². The van der Waals surface area contributed by atoms with E-state index in [1.165, 1.54) is 12.3 Å². The highest BCUT2D eigenvalue weighted by molar-refractivity contribution is 5.88. The van der Waals surface area contributed by atoms with Gasteiger partial charge in [0, 0.05) is 29.9 Å². The zero-order valence-corrected chi connectivity index (χ0v) is 9.39. The van der Waals surface area contributed by atoms with Gasteiger partial charge >= 0.3 is 0 Å². The highest BCUT2D eigenvalue weighted by Gasteiger charge is 2.16. The van der Waals surface area contributed by atoms with Crippen LogP contribution < -0.4 is 0 Å². The van der Waals surface area contributed by atoms with Gasteiger partial charge in [0.15, 0.2) is 0 Å². The van der Waals surface area contributed by atoms with Gasteiger partial charge in [0.1, 0.15) is 11.9 Å². The number of allylic oxidation sites excluding steroid dienone is 2. The minimum atomic E-state index is -0.270. The molecule has 2 aromatic rings. The number of pyridine rings is 1. The molecule has 1 aromatic heterocycles. The zero-order chi connectivity index (χ0) is 12.5. The molecule has 0 fully saturated rings. The van der Waals surface area contributed by atoms with Crippen LogP contribution in [0.25, 0.3) is 16.7 Å². The molecular formula is C15H8FN2. The number of nitrogens with zero attached hydrogens (tertiary/aromatic N) is 2. The summed E-state index contributed by atoms with van der Waals surface area (Å²) in [6, 6.07) is 8.79. The van der Waals surface area contributed by atoms with Gasteiger partial charge in [-0.05, 0) is 23.3 Å². The normalized spacial score (nSPS) is 12.8. The molecule has 0 saturated heterocycles. The van der Waals surface area contributed by atoms with E-state index in [1.807, 2.05) is 18.6 Å². The molecule has 0 N–H and O–H groups in total. The van der Waals surface area contributed by atoms with E-state index in [0.717, 1.165) is 5.57 Å². The van der Waals surface area contributed by atoms with E-state index in [1.54, 1.807) is 18.3 Å². The van der Waals surface area contributed by atoms with Gasteiger partial charge in [-0.3, -0.25) is 4.98 Å². The second-order valence-corrected chi connectivity index (χ2v) is 4.02. The predicted molar refractivity (Wildman–Crippen MR) is 66.6 cm³/mol.